The van der Waals surface area contributed by atoms with Crippen LogP contribution in [-0.2, 0) is 10.0 Å². The van der Waals surface area contributed by atoms with Gasteiger partial charge in [0.05, 0.1) is 16.1 Å². The lowest BCUT2D eigenvalue weighted by atomic mass is 10.2. The van der Waals surface area contributed by atoms with Crippen molar-refractivity contribution in [3.8, 4) is 5.75 Å². The topological polar surface area (TPSA) is 79.3 Å². The molecule has 0 fully saturated rings. The normalized spacial score (nSPS) is 11.4. The largest absolute Gasteiger partial charge is 0.506 e. The first-order valence-corrected chi connectivity index (χ1v) is 7.71. The highest BCUT2D eigenvalue weighted by molar-refractivity contribution is 7.93. The van der Waals surface area contributed by atoms with Gasteiger partial charge in [-0.1, -0.05) is 18.2 Å². The fourth-order valence-electron chi connectivity index (χ4n) is 2.07. The molecule has 3 rings (SSSR count). The Kier molecular flexibility index (Phi) is 3.23. The Bertz CT molecular complexity index is 902. The SMILES string of the molecule is O=S(=O)(Nc1ccccc1O)c1cccc2ncccc12. The maximum atomic E-state index is 12.5. The Morgan fingerprint density at radius 1 is 0.952 bits per heavy atom. The summed E-state index contributed by atoms with van der Waals surface area (Å²) in [6.45, 7) is 0. The first-order chi connectivity index (χ1) is 10.1. The molecule has 106 valence electrons. The van der Waals surface area contributed by atoms with Crippen molar-refractivity contribution in [1.82, 2.24) is 4.98 Å². The van der Waals surface area contributed by atoms with Crippen LogP contribution < -0.4 is 4.72 Å². The summed E-state index contributed by atoms with van der Waals surface area (Å²) in [7, 11) is -3.81. The second-order valence-electron chi connectivity index (χ2n) is 4.45. The van der Waals surface area contributed by atoms with E-state index in [1.165, 1.54) is 18.2 Å². The maximum Gasteiger partial charge on any atom is 0.262 e. The zero-order valence-electron chi connectivity index (χ0n) is 10.9. The summed E-state index contributed by atoms with van der Waals surface area (Å²) in [6.07, 6.45) is 1.61. The number of phenolic OH excluding ortho intramolecular Hbond substituents is 1. The maximum absolute atomic E-state index is 12.5. The van der Waals surface area contributed by atoms with E-state index in [0.29, 0.717) is 10.9 Å². The number of rotatable bonds is 3. The second-order valence-corrected chi connectivity index (χ2v) is 6.10. The number of hydrogen-bond acceptors (Lipinski definition) is 4. The molecule has 2 aromatic carbocycles. The van der Waals surface area contributed by atoms with Gasteiger partial charge in [-0.2, -0.15) is 0 Å². The van der Waals surface area contributed by atoms with E-state index in [-0.39, 0.29) is 16.3 Å². The van der Waals surface area contributed by atoms with Crippen molar-refractivity contribution in [3.05, 3.63) is 60.8 Å². The van der Waals surface area contributed by atoms with E-state index in [4.69, 9.17) is 0 Å². The number of benzene rings is 2. The number of para-hydroxylation sites is 2. The number of nitrogens with one attached hydrogen (secondary N) is 1. The Morgan fingerprint density at radius 2 is 1.76 bits per heavy atom. The number of hydrogen-bond donors (Lipinski definition) is 2. The van der Waals surface area contributed by atoms with Gasteiger partial charge in [-0.25, -0.2) is 8.42 Å². The molecule has 2 N–H and O–H groups in total. The van der Waals surface area contributed by atoms with Crippen LogP contribution in [0.1, 0.15) is 0 Å². The highest BCUT2D eigenvalue weighted by atomic mass is 32.2. The fraction of sp³-hybridized carbons (Fsp3) is 0. The monoisotopic (exact) mass is 300 g/mol. The van der Waals surface area contributed by atoms with Gasteiger partial charge >= 0.3 is 0 Å². The number of phenols is 1. The predicted molar refractivity (Wildman–Crippen MR) is 80.7 cm³/mol. The number of aromatic hydroxyl groups is 1. The molecule has 0 unspecified atom stereocenters. The Labute approximate surface area is 121 Å². The molecule has 0 radical (unpaired) electrons. The minimum Gasteiger partial charge on any atom is -0.506 e. The molecular weight excluding hydrogens is 288 g/mol. The molecule has 21 heavy (non-hydrogen) atoms. The first kappa shape index (κ1) is 13.4. The van der Waals surface area contributed by atoms with E-state index in [0.717, 1.165) is 0 Å². The summed E-state index contributed by atoms with van der Waals surface area (Å²) in [5, 5.41) is 10.2. The molecule has 0 spiro atoms. The van der Waals surface area contributed by atoms with E-state index in [2.05, 4.69) is 9.71 Å². The Hall–Kier alpha value is -2.60. The van der Waals surface area contributed by atoms with E-state index in [1.54, 1.807) is 42.6 Å². The Morgan fingerprint density at radius 3 is 2.57 bits per heavy atom. The molecule has 0 amide bonds. The smallest absolute Gasteiger partial charge is 0.262 e. The number of sulfonamides is 1. The summed E-state index contributed by atoms with van der Waals surface area (Å²) >= 11 is 0. The van der Waals surface area contributed by atoms with E-state index >= 15 is 0 Å². The second kappa shape index (κ2) is 5.06. The van der Waals surface area contributed by atoms with Crippen LogP contribution in [0.15, 0.2) is 65.7 Å². The number of fused-ring (bicyclic) bond motifs is 1. The fourth-order valence-corrected chi connectivity index (χ4v) is 3.36. The summed E-state index contributed by atoms with van der Waals surface area (Å²) in [4.78, 5) is 4.26. The van der Waals surface area contributed by atoms with Gasteiger partial charge in [0.15, 0.2) is 0 Å². The van der Waals surface area contributed by atoms with Gasteiger partial charge in [0.2, 0.25) is 0 Å². The molecule has 0 aliphatic carbocycles. The first-order valence-electron chi connectivity index (χ1n) is 6.22. The minimum absolute atomic E-state index is 0.122. The van der Waals surface area contributed by atoms with Crippen LogP contribution in [0, 0.1) is 0 Å². The quantitative estimate of drug-likeness (QED) is 0.729. The number of nitrogens with zero attached hydrogens (tertiary/aromatic N) is 1. The lowest BCUT2D eigenvalue weighted by Gasteiger charge is -2.11. The number of pyridine rings is 1. The zero-order chi connectivity index (χ0) is 14.9. The van der Waals surface area contributed by atoms with Crippen molar-refractivity contribution in [2.45, 2.75) is 4.90 Å². The average Bonchev–Trinajstić information content (AvgIpc) is 2.49. The minimum atomic E-state index is -3.81. The summed E-state index contributed by atoms with van der Waals surface area (Å²) in [5.41, 5.74) is 0.732. The van der Waals surface area contributed by atoms with Gasteiger partial charge in [-0.3, -0.25) is 9.71 Å². The molecule has 0 aliphatic heterocycles. The Balaban J connectivity index is 2.11. The van der Waals surface area contributed by atoms with Crippen molar-refractivity contribution in [2.24, 2.45) is 0 Å². The van der Waals surface area contributed by atoms with Crippen molar-refractivity contribution in [2.75, 3.05) is 4.72 Å². The molecule has 3 aromatic rings. The lowest BCUT2D eigenvalue weighted by molar-refractivity contribution is 0.477. The molecule has 0 saturated carbocycles. The summed E-state index contributed by atoms with van der Waals surface area (Å²) < 4.78 is 27.4. The van der Waals surface area contributed by atoms with Crippen LogP contribution in [0.4, 0.5) is 5.69 Å². The van der Waals surface area contributed by atoms with Crippen LogP contribution in [0.2, 0.25) is 0 Å². The lowest BCUT2D eigenvalue weighted by Crippen LogP contribution is -2.13. The van der Waals surface area contributed by atoms with Gasteiger partial charge in [-0.05, 0) is 36.4 Å². The zero-order valence-corrected chi connectivity index (χ0v) is 11.7. The average molecular weight is 300 g/mol. The third-order valence-electron chi connectivity index (χ3n) is 3.04. The van der Waals surface area contributed by atoms with Gasteiger partial charge in [0.25, 0.3) is 10.0 Å². The predicted octanol–water partition coefficient (Wildman–Crippen LogP) is 2.74. The van der Waals surface area contributed by atoms with Crippen molar-refractivity contribution >= 4 is 26.6 Å². The van der Waals surface area contributed by atoms with Crippen LogP contribution in [0.25, 0.3) is 10.9 Å². The van der Waals surface area contributed by atoms with Crippen LogP contribution in [-0.4, -0.2) is 18.5 Å². The molecule has 0 aliphatic rings. The van der Waals surface area contributed by atoms with E-state index in [1.807, 2.05) is 0 Å². The van der Waals surface area contributed by atoms with Crippen LogP contribution in [0.5, 0.6) is 5.75 Å². The molecule has 0 saturated heterocycles. The summed E-state index contributed by atoms with van der Waals surface area (Å²) in [6, 6.07) is 14.4. The van der Waals surface area contributed by atoms with Crippen molar-refractivity contribution in [1.29, 1.82) is 0 Å². The molecule has 0 bridgehead atoms. The van der Waals surface area contributed by atoms with Crippen molar-refractivity contribution < 1.29 is 13.5 Å². The van der Waals surface area contributed by atoms with Gasteiger partial charge in [0.1, 0.15) is 5.75 Å². The summed E-state index contributed by atoms with van der Waals surface area (Å²) in [5.74, 6) is -0.126. The number of anilines is 1. The highest BCUT2D eigenvalue weighted by Gasteiger charge is 2.18. The van der Waals surface area contributed by atoms with Crippen molar-refractivity contribution in [3.63, 3.8) is 0 Å². The van der Waals surface area contributed by atoms with E-state index < -0.39 is 10.0 Å². The van der Waals surface area contributed by atoms with Gasteiger partial charge in [-0.15, -0.1) is 0 Å². The van der Waals surface area contributed by atoms with Crippen LogP contribution >= 0.6 is 0 Å². The third-order valence-corrected chi connectivity index (χ3v) is 4.47. The molecule has 0 atom stereocenters. The third kappa shape index (κ3) is 2.53. The molecule has 5 nitrogen and oxygen atoms in total. The van der Waals surface area contributed by atoms with Crippen LogP contribution in [0.3, 0.4) is 0 Å². The van der Waals surface area contributed by atoms with Gasteiger partial charge in [0, 0.05) is 11.6 Å². The standard InChI is InChI=1S/C15H12N2O3S/c18-14-8-2-1-6-13(14)17-21(19,20)15-9-3-7-12-11(15)5-4-10-16-12/h1-10,17-18H. The van der Waals surface area contributed by atoms with Gasteiger partial charge < -0.3 is 5.11 Å². The molecule has 6 heteroatoms. The highest BCUT2D eigenvalue weighted by Crippen LogP contribution is 2.27. The van der Waals surface area contributed by atoms with E-state index in [9.17, 15) is 13.5 Å². The number of aromatic nitrogens is 1. The molecule has 1 aromatic heterocycles. The molecular formula is C15H12N2O3S. The molecule has 1 heterocycles.